The zero-order chi connectivity index (χ0) is 23.4. The standard InChI is InChI=1S/C25H24Cl2N4O2/c26-20-5-3-6-21(27)23(20)30-25(33)31-14-12-17(13-15-31)16-8-10-18(11-9-16)29-24(32)19-4-1-2-7-22(19)28/h1-11,17H,12-15,28H2,(H,29,32)(H,30,33). The van der Waals surface area contributed by atoms with Gasteiger partial charge in [0, 0.05) is 24.5 Å². The van der Waals surface area contributed by atoms with E-state index < -0.39 is 0 Å². The Bertz CT molecular complexity index is 1140. The van der Waals surface area contributed by atoms with Crippen LogP contribution in [0.2, 0.25) is 10.0 Å². The Morgan fingerprint density at radius 1 is 0.848 bits per heavy atom. The lowest BCUT2D eigenvalue weighted by atomic mass is 9.89. The van der Waals surface area contributed by atoms with Crippen molar-refractivity contribution in [2.75, 3.05) is 29.5 Å². The van der Waals surface area contributed by atoms with E-state index >= 15 is 0 Å². The molecule has 1 fully saturated rings. The third-order valence-electron chi connectivity index (χ3n) is 5.82. The van der Waals surface area contributed by atoms with Crippen LogP contribution in [0.1, 0.15) is 34.7 Å². The number of para-hydroxylation sites is 2. The number of urea groups is 1. The van der Waals surface area contributed by atoms with Crippen LogP contribution in [-0.2, 0) is 0 Å². The molecule has 0 spiro atoms. The Morgan fingerprint density at radius 2 is 1.48 bits per heavy atom. The van der Waals surface area contributed by atoms with E-state index in [-0.39, 0.29) is 11.9 Å². The maximum Gasteiger partial charge on any atom is 0.321 e. The summed E-state index contributed by atoms with van der Waals surface area (Å²) in [6.07, 6.45) is 1.69. The topological polar surface area (TPSA) is 87.5 Å². The van der Waals surface area contributed by atoms with Gasteiger partial charge in [0.2, 0.25) is 0 Å². The van der Waals surface area contributed by atoms with Crippen molar-refractivity contribution in [3.8, 4) is 0 Å². The molecule has 4 rings (SSSR count). The molecular weight excluding hydrogens is 459 g/mol. The normalized spacial score (nSPS) is 14.1. The van der Waals surface area contributed by atoms with Gasteiger partial charge in [0.15, 0.2) is 0 Å². The minimum atomic E-state index is -0.237. The molecule has 0 radical (unpaired) electrons. The molecule has 0 unspecified atom stereocenters. The van der Waals surface area contributed by atoms with Gasteiger partial charge in [-0.15, -0.1) is 0 Å². The van der Waals surface area contributed by atoms with Crippen molar-refractivity contribution in [3.63, 3.8) is 0 Å². The Labute approximate surface area is 202 Å². The van der Waals surface area contributed by atoms with E-state index in [2.05, 4.69) is 10.6 Å². The van der Waals surface area contributed by atoms with Crippen LogP contribution in [0, 0.1) is 0 Å². The van der Waals surface area contributed by atoms with Gasteiger partial charge < -0.3 is 21.3 Å². The first kappa shape index (κ1) is 23.0. The Balaban J connectivity index is 1.32. The highest BCUT2D eigenvalue weighted by Crippen LogP contribution is 2.32. The number of anilines is 3. The van der Waals surface area contributed by atoms with Gasteiger partial charge in [-0.05, 0) is 60.7 Å². The third-order valence-corrected chi connectivity index (χ3v) is 6.45. The maximum atomic E-state index is 12.7. The van der Waals surface area contributed by atoms with Crippen LogP contribution >= 0.6 is 23.2 Å². The lowest BCUT2D eigenvalue weighted by Gasteiger charge is -2.32. The molecule has 0 aliphatic carbocycles. The van der Waals surface area contributed by atoms with Crippen LogP contribution in [0.3, 0.4) is 0 Å². The molecule has 0 aromatic heterocycles. The number of nitrogen functional groups attached to an aromatic ring is 1. The van der Waals surface area contributed by atoms with Crippen molar-refractivity contribution < 1.29 is 9.59 Å². The molecule has 0 saturated carbocycles. The monoisotopic (exact) mass is 482 g/mol. The first-order valence-electron chi connectivity index (χ1n) is 10.7. The van der Waals surface area contributed by atoms with Gasteiger partial charge in [-0.25, -0.2) is 4.79 Å². The van der Waals surface area contributed by atoms with Crippen molar-refractivity contribution in [2.45, 2.75) is 18.8 Å². The third kappa shape index (κ3) is 5.41. The number of nitrogens with two attached hydrogens (primary N) is 1. The molecule has 1 saturated heterocycles. The minimum Gasteiger partial charge on any atom is -0.398 e. The summed E-state index contributed by atoms with van der Waals surface area (Å²) in [5.74, 6) is 0.103. The first-order valence-corrected chi connectivity index (χ1v) is 11.4. The van der Waals surface area contributed by atoms with E-state index in [1.165, 1.54) is 5.56 Å². The number of hydrogen-bond donors (Lipinski definition) is 3. The fraction of sp³-hybridized carbons (Fsp3) is 0.200. The van der Waals surface area contributed by atoms with Crippen LogP contribution in [0.5, 0.6) is 0 Å². The fourth-order valence-electron chi connectivity index (χ4n) is 3.96. The predicted molar refractivity (Wildman–Crippen MR) is 134 cm³/mol. The summed E-state index contributed by atoms with van der Waals surface area (Å²) in [5.41, 5.74) is 9.10. The summed E-state index contributed by atoms with van der Waals surface area (Å²) >= 11 is 12.3. The summed E-state index contributed by atoms with van der Waals surface area (Å²) in [6.45, 7) is 1.26. The molecule has 1 heterocycles. The number of nitrogens with one attached hydrogen (secondary N) is 2. The number of carbonyl (C=O) groups is 2. The fourth-order valence-corrected chi connectivity index (χ4v) is 4.45. The number of likely N-dealkylation sites (tertiary alicyclic amines) is 1. The van der Waals surface area contributed by atoms with E-state index in [0.717, 1.165) is 12.8 Å². The van der Waals surface area contributed by atoms with Gasteiger partial charge in [0.25, 0.3) is 5.91 Å². The zero-order valence-corrected chi connectivity index (χ0v) is 19.4. The molecule has 4 N–H and O–H groups in total. The highest BCUT2D eigenvalue weighted by molar-refractivity contribution is 6.39. The first-order chi connectivity index (χ1) is 15.9. The second kappa shape index (κ2) is 10.1. The molecule has 33 heavy (non-hydrogen) atoms. The summed E-state index contributed by atoms with van der Waals surface area (Å²) in [7, 11) is 0. The Kier molecular flexibility index (Phi) is 7.06. The Morgan fingerprint density at radius 3 is 2.12 bits per heavy atom. The summed E-state index contributed by atoms with van der Waals surface area (Å²) in [4.78, 5) is 26.9. The summed E-state index contributed by atoms with van der Waals surface area (Å²) < 4.78 is 0. The van der Waals surface area contributed by atoms with Crippen LogP contribution in [-0.4, -0.2) is 29.9 Å². The highest BCUT2D eigenvalue weighted by Gasteiger charge is 2.24. The predicted octanol–water partition coefficient (Wildman–Crippen LogP) is 6.24. The van der Waals surface area contributed by atoms with Crippen LogP contribution in [0.25, 0.3) is 0 Å². The molecule has 8 heteroatoms. The van der Waals surface area contributed by atoms with Gasteiger partial charge in [0.05, 0.1) is 21.3 Å². The molecule has 3 aromatic rings. The number of piperidine rings is 1. The van der Waals surface area contributed by atoms with E-state index in [9.17, 15) is 9.59 Å². The maximum absolute atomic E-state index is 12.7. The largest absolute Gasteiger partial charge is 0.398 e. The van der Waals surface area contributed by atoms with E-state index in [4.69, 9.17) is 28.9 Å². The highest BCUT2D eigenvalue weighted by atomic mass is 35.5. The number of amides is 3. The molecule has 3 amide bonds. The van der Waals surface area contributed by atoms with Crippen molar-refractivity contribution in [1.82, 2.24) is 4.90 Å². The van der Waals surface area contributed by atoms with E-state index in [1.807, 2.05) is 24.3 Å². The summed E-state index contributed by atoms with van der Waals surface area (Å²) in [6, 6.07) is 19.7. The smallest absolute Gasteiger partial charge is 0.321 e. The molecule has 3 aromatic carbocycles. The number of benzene rings is 3. The van der Waals surface area contributed by atoms with E-state index in [1.54, 1.807) is 47.4 Å². The molecule has 6 nitrogen and oxygen atoms in total. The molecule has 1 aliphatic rings. The number of nitrogens with zero attached hydrogens (tertiary/aromatic N) is 1. The van der Waals surface area contributed by atoms with Gasteiger partial charge in [-0.3, -0.25) is 4.79 Å². The number of halogens is 2. The average Bonchev–Trinajstić information content (AvgIpc) is 2.82. The zero-order valence-electron chi connectivity index (χ0n) is 17.9. The van der Waals surface area contributed by atoms with Crippen molar-refractivity contribution in [2.24, 2.45) is 0 Å². The second-order valence-corrected chi connectivity index (χ2v) is 8.77. The lowest BCUT2D eigenvalue weighted by molar-refractivity contribution is 0.102. The number of hydrogen-bond acceptors (Lipinski definition) is 3. The van der Waals surface area contributed by atoms with Gasteiger partial charge in [-0.2, -0.15) is 0 Å². The average molecular weight is 483 g/mol. The van der Waals surface area contributed by atoms with Gasteiger partial charge >= 0.3 is 6.03 Å². The molecule has 1 aliphatic heterocycles. The lowest BCUT2D eigenvalue weighted by Crippen LogP contribution is -2.40. The molecule has 0 atom stereocenters. The van der Waals surface area contributed by atoms with Crippen molar-refractivity contribution in [3.05, 3.63) is 87.9 Å². The molecule has 170 valence electrons. The number of carbonyl (C=O) groups excluding carboxylic acids is 2. The van der Waals surface area contributed by atoms with Crippen molar-refractivity contribution in [1.29, 1.82) is 0 Å². The van der Waals surface area contributed by atoms with Crippen molar-refractivity contribution >= 4 is 52.2 Å². The van der Waals surface area contributed by atoms with Crippen LogP contribution in [0.4, 0.5) is 21.9 Å². The Hall–Kier alpha value is -3.22. The van der Waals surface area contributed by atoms with Gasteiger partial charge in [0.1, 0.15) is 0 Å². The number of rotatable bonds is 4. The SMILES string of the molecule is Nc1ccccc1C(=O)Nc1ccc(C2CCN(C(=O)Nc3c(Cl)cccc3Cl)CC2)cc1. The quantitative estimate of drug-likeness (QED) is 0.384. The van der Waals surface area contributed by atoms with E-state index in [0.29, 0.717) is 51.7 Å². The molecule has 0 bridgehead atoms. The van der Waals surface area contributed by atoms with Gasteiger partial charge in [-0.1, -0.05) is 53.5 Å². The molecular formula is C25H24Cl2N4O2. The minimum absolute atomic E-state index is 0.207. The summed E-state index contributed by atoms with van der Waals surface area (Å²) in [5, 5.41) is 6.52. The second-order valence-electron chi connectivity index (χ2n) is 7.95. The van der Waals surface area contributed by atoms with Crippen LogP contribution < -0.4 is 16.4 Å². The van der Waals surface area contributed by atoms with Crippen LogP contribution in [0.15, 0.2) is 66.7 Å².